The van der Waals surface area contributed by atoms with E-state index in [-0.39, 0.29) is 5.82 Å². The first kappa shape index (κ1) is 11.9. The summed E-state index contributed by atoms with van der Waals surface area (Å²) in [6.07, 6.45) is 4.41. The average molecular weight is 242 g/mol. The van der Waals surface area contributed by atoms with E-state index in [1.165, 1.54) is 18.9 Å². The van der Waals surface area contributed by atoms with Crippen molar-refractivity contribution < 1.29 is 4.39 Å². The first-order chi connectivity index (χ1) is 7.70. The summed E-state index contributed by atoms with van der Waals surface area (Å²) in [5, 5.41) is 3.78. The Hall–Kier alpha value is -0.600. The molecule has 0 aromatic heterocycles. The molecule has 1 unspecified atom stereocenters. The molecule has 0 saturated heterocycles. The fourth-order valence-electron chi connectivity index (χ4n) is 2.15. The lowest BCUT2D eigenvalue weighted by atomic mass is 10.0. The van der Waals surface area contributed by atoms with Crippen LogP contribution in [0.4, 0.5) is 4.39 Å². The maximum absolute atomic E-state index is 13.5. The molecule has 0 radical (unpaired) electrons. The summed E-state index contributed by atoms with van der Waals surface area (Å²) in [6.45, 7) is 0. The van der Waals surface area contributed by atoms with Gasteiger partial charge in [0.15, 0.2) is 0 Å². The van der Waals surface area contributed by atoms with Crippen molar-refractivity contribution in [3.63, 3.8) is 0 Å². The third-order valence-corrected chi connectivity index (χ3v) is 3.54. The summed E-state index contributed by atoms with van der Waals surface area (Å²) in [5.74, 6) is 0.624. The molecule has 2 rings (SSSR count). The second-order valence-electron chi connectivity index (χ2n) is 4.51. The van der Waals surface area contributed by atoms with Gasteiger partial charge in [-0.2, -0.15) is 0 Å². The highest BCUT2D eigenvalue weighted by Crippen LogP contribution is 2.34. The number of hydrogen-bond acceptors (Lipinski definition) is 1. The lowest BCUT2D eigenvalue weighted by Gasteiger charge is -2.15. The monoisotopic (exact) mass is 241 g/mol. The van der Waals surface area contributed by atoms with Gasteiger partial charge in [0.05, 0.1) is 0 Å². The Labute approximate surface area is 101 Å². The SMILES string of the molecule is CNC(CCc1ccc(Cl)cc1F)C1CC1. The van der Waals surface area contributed by atoms with E-state index in [1.54, 1.807) is 12.1 Å². The molecule has 1 nitrogen and oxygen atoms in total. The van der Waals surface area contributed by atoms with Crippen LogP contribution in [0.1, 0.15) is 24.8 Å². The first-order valence-corrected chi connectivity index (χ1v) is 6.19. The van der Waals surface area contributed by atoms with Gasteiger partial charge in [0.1, 0.15) is 5.82 Å². The minimum atomic E-state index is -0.182. The van der Waals surface area contributed by atoms with Crippen molar-refractivity contribution in [3.8, 4) is 0 Å². The summed E-state index contributed by atoms with van der Waals surface area (Å²) in [5.41, 5.74) is 0.769. The van der Waals surface area contributed by atoms with Crippen LogP contribution in [-0.2, 0) is 6.42 Å². The van der Waals surface area contributed by atoms with E-state index in [2.05, 4.69) is 5.32 Å². The Kier molecular flexibility index (Phi) is 3.82. The lowest BCUT2D eigenvalue weighted by molar-refractivity contribution is 0.465. The van der Waals surface area contributed by atoms with Crippen LogP contribution >= 0.6 is 11.6 Å². The van der Waals surface area contributed by atoms with Crippen LogP contribution in [0.5, 0.6) is 0 Å². The zero-order valence-corrected chi connectivity index (χ0v) is 10.2. The van der Waals surface area contributed by atoms with Gasteiger partial charge in [-0.15, -0.1) is 0 Å². The highest BCUT2D eigenvalue weighted by molar-refractivity contribution is 6.30. The maximum atomic E-state index is 13.5. The molecule has 88 valence electrons. The predicted molar refractivity (Wildman–Crippen MR) is 65.3 cm³/mol. The van der Waals surface area contributed by atoms with Gasteiger partial charge in [-0.25, -0.2) is 4.39 Å². The smallest absolute Gasteiger partial charge is 0.127 e. The normalized spacial score (nSPS) is 17.4. The van der Waals surface area contributed by atoms with Crippen LogP contribution < -0.4 is 5.32 Å². The number of hydrogen-bond donors (Lipinski definition) is 1. The maximum Gasteiger partial charge on any atom is 0.127 e. The van der Waals surface area contributed by atoms with Crippen LogP contribution in [0.2, 0.25) is 5.02 Å². The van der Waals surface area contributed by atoms with E-state index in [0.717, 1.165) is 24.3 Å². The summed E-state index contributed by atoms with van der Waals surface area (Å²) < 4.78 is 13.5. The van der Waals surface area contributed by atoms with Gasteiger partial charge >= 0.3 is 0 Å². The Morgan fingerprint density at radius 1 is 1.50 bits per heavy atom. The third-order valence-electron chi connectivity index (χ3n) is 3.30. The molecule has 0 aliphatic heterocycles. The Morgan fingerprint density at radius 3 is 2.81 bits per heavy atom. The number of halogens is 2. The van der Waals surface area contributed by atoms with Gasteiger partial charge in [0.25, 0.3) is 0 Å². The van der Waals surface area contributed by atoms with Gasteiger partial charge in [-0.05, 0) is 56.3 Å². The molecule has 0 heterocycles. The molecule has 0 amide bonds. The van der Waals surface area contributed by atoms with Crippen molar-refractivity contribution in [1.29, 1.82) is 0 Å². The molecular formula is C13H17ClFN. The summed E-state index contributed by atoms with van der Waals surface area (Å²) in [7, 11) is 1.99. The lowest BCUT2D eigenvalue weighted by Crippen LogP contribution is -2.27. The van der Waals surface area contributed by atoms with Gasteiger partial charge < -0.3 is 5.32 Å². The topological polar surface area (TPSA) is 12.0 Å². The standard InChI is InChI=1S/C13H17ClFN/c1-16-13(10-2-3-10)7-5-9-4-6-11(14)8-12(9)15/h4,6,8,10,13,16H,2-3,5,7H2,1H3. The molecule has 3 heteroatoms. The minimum Gasteiger partial charge on any atom is -0.317 e. The zero-order valence-electron chi connectivity index (χ0n) is 9.47. The van der Waals surface area contributed by atoms with Gasteiger partial charge in [0, 0.05) is 11.1 Å². The van der Waals surface area contributed by atoms with Crippen LogP contribution in [0.15, 0.2) is 18.2 Å². The van der Waals surface area contributed by atoms with E-state index < -0.39 is 0 Å². The first-order valence-electron chi connectivity index (χ1n) is 5.82. The highest BCUT2D eigenvalue weighted by Gasteiger charge is 2.29. The van der Waals surface area contributed by atoms with E-state index >= 15 is 0 Å². The number of aryl methyl sites for hydroxylation is 1. The molecule has 1 fully saturated rings. The number of nitrogens with one attached hydrogen (secondary N) is 1. The fraction of sp³-hybridized carbons (Fsp3) is 0.538. The Balaban J connectivity index is 1.92. The van der Waals surface area contributed by atoms with E-state index in [1.807, 2.05) is 7.05 Å². The van der Waals surface area contributed by atoms with Gasteiger partial charge in [-0.1, -0.05) is 17.7 Å². The number of benzene rings is 1. The van der Waals surface area contributed by atoms with Crippen molar-refractivity contribution in [2.75, 3.05) is 7.05 Å². The van der Waals surface area contributed by atoms with Crippen LogP contribution in [0, 0.1) is 11.7 Å². The molecule has 1 saturated carbocycles. The van der Waals surface area contributed by atoms with Crippen LogP contribution in [-0.4, -0.2) is 13.1 Å². The second-order valence-corrected chi connectivity index (χ2v) is 4.94. The third kappa shape index (κ3) is 2.96. The molecule has 16 heavy (non-hydrogen) atoms. The molecule has 1 atom stereocenters. The van der Waals surface area contributed by atoms with Gasteiger partial charge in [0.2, 0.25) is 0 Å². The molecule has 1 aliphatic rings. The Morgan fingerprint density at radius 2 is 2.25 bits per heavy atom. The van der Waals surface area contributed by atoms with Crippen LogP contribution in [0.25, 0.3) is 0 Å². The molecule has 0 spiro atoms. The fourth-order valence-corrected chi connectivity index (χ4v) is 2.31. The molecule has 1 aromatic rings. The molecule has 1 aliphatic carbocycles. The average Bonchev–Trinajstić information content (AvgIpc) is 3.06. The quantitative estimate of drug-likeness (QED) is 0.833. The molecule has 1 aromatic carbocycles. The number of rotatable bonds is 5. The largest absolute Gasteiger partial charge is 0.317 e. The molecule has 0 bridgehead atoms. The van der Waals surface area contributed by atoms with E-state index in [0.29, 0.717) is 11.1 Å². The summed E-state index contributed by atoms with van der Waals surface area (Å²) in [6, 6.07) is 5.47. The van der Waals surface area contributed by atoms with E-state index in [4.69, 9.17) is 11.6 Å². The predicted octanol–water partition coefficient (Wildman–Crippen LogP) is 3.41. The zero-order chi connectivity index (χ0) is 11.5. The second kappa shape index (κ2) is 5.15. The molecule has 1 N–H and O–H groups in total. The van der Waals surface area contributed by atoms with Crippen molar-refractivity contribution >= 4 is 11.6 Å². The minimum absolute atomic E-state index is 0.182. The van der Waals surface area contributed by atoms with Crippen molar-refractivity contribution in [1.82, 2.24) is 5.32 Å². The van der Waals surface area contributed by atoms with Crippen LogP contribution in [0.3, 0.4) is 0 Å². The summed E-state index contributed by atoms with van der Waals surface area (Å²) >= 11 is 5.72. The Bertz CT molecular complexity index is 363. The summed E-state index contributed by atoms with van der Waals surface area (Å²) in [4.78, 5) is 0. The van der Waals surface area contributed by atoms with Crippen molar-refractivity contribution in [3.05, 3.63) is 34.6 Å². The van der Waals surface area contributed by atoms with Crippen molar-refractivity contribution in [2.24, 2.45) is 5.92 Å². The highest BCUT2D eigenvalue weighted by atomic mass is 35.5. The van der Waals surface area contributed by atoms with E-state index in [9.17, 15) is 4.39 Å². The van der Waals surface area contributed by atoms with Crippen molar-refractivity contribution in [2.45, 2.75) is 31.7 Å². The molecular weight excluding hydrogens is 225 g/mol. The van der Waals surface area contributed by atoms with Gasteiger partial charge in [-0.3, -0.25) is 0 Å².